The minimum atomic E-state index is -4.41. The van der Waals surface area contributed by atoms with Gasteiger partial charge >= 0.3 is 6.18 Å². The second-order valence-electron chi connectivity index (χ2n) is 4.39. The molecule has 2 heterocycles. The highest BCUT2D eigenvalue weighted by Gasteiger charge is 2.36. The molecule has 0 aromatic carbocycles. The summed E-state index contributed by atoms with van der Waals surface area (Å²) < 4.78 is 43.0. The topological polar surface area (TPSA) is 51.4 Å². The molecule has 1 saturated heterocycles. The van der Waals surface area contributed by atoms with Crippen molar-refractivity contribution >= 4 is 11.3 Å². The van der Waals surface area contributed by atoms with Crippen molar-refractivity contribution in [1.29, 1.82) is 0 Å². The van der Waals surface area contributed by atoms with Gasteiger partial charge in [0, 0.05) is 24.2 Å². The summed E-state index contributed by atoms with van der Waals surface area (Å²) in [6.45, 7) is 4.93. The van der Waals surface area contributed by atoms with Gasteiger partial charge in [0.1, 0.15) is 0 Å². The first-order valence-corrected chi connectivity index (χ1v) is 6.86. The van der Waals surface area contributed by atoms with Crippen LogP contribution in [-0.2, 0) is 10.9 Å². The van der Waals surface area contributed by atoms with Gasteiger partial charge in [0.25, 0.3) is 0 Å². The van der Waals surface area contributed by atoms with Crippen molar-refractivity contribution in [1.82, 2.24) is 9.88 Å². The first-order valence-electron chi connectivity index (χ1n) is 6.04. The number of hydrogen-bond donors (Lipinski definition) is 1. The van der Waals surface area contributed by atoms with Gasteiger partial charge in [0.2, 0.25) is 0 Å². The Bertz CT molecular complexity index is 424. The van der Waals surface area contributed by atoms with Gasteiger partial charge in [0.05, 0.1) is 18.8 Å². The van der Waals surface area contributed by atoms with E-state index in [4.69, 9.17) is 10.5 Å². The molecule has 0 aliphatic carbocycles. The van der Waals surface area contributed by atoms with Crippen LogP contribution < -0.4 is 5.73 Å². The van der Waals surface area contributed by atoms with E-state index in [-0.39, 0.29) is 6.10 Å². The molecule has 1 aromatic rings. The maximum absolute atomic E-state index is 12.5. The minimum absolute atomic E-state index is 0.282. The Morgan fingerprint density at radius 2 is 2.37 bits per heavy atom. The van der Waals surface area contributed by atoms with Gasteiger partial charge < -0.3 is 10.5 Å². The third-order valence-electron chi connectivity index (χ3n) is 3.12. The van der Waals surface area contributed by atoms with Crippen LogP contribution in [0.15, 0.2) is 6.20 Å². The van der Waals surface area contributed by atoms with E-state index < -0.39 is 17.2 Å². The highest BCUT2D eigenvalue weighted by molar-refractivity contribution is 7.11. The molecule has 2 unspecified atom stereocenters. The number of nitrogens with zero attached hydrogens (tertiary/aromatic N) is 2. The maximum Gasteiger partial charge on any atom is 0.443 e. The Kier molecular flexibility index (Phi) is 4.44. The number of alkyl halides is 3. The van der Waals surface area contributed by atoms with E-state index in [0.717, 1.165) is 13.1 Å². The Hall–Kier alpha value is -0.700. The number of ether oxygens (including phenoxy) is 1. The predicted octanol–water partition coefficient (Wildman–Crippen LogP) is 1.88. The van der Waals surface area contributed by atoms with Crippen molar-refractivity contribution in [3.8, 4) is 0 Å². The molecule has 4 nitrogen and oxygen atoms in total. The molecule has 19 heavy (non-hydrogen) atoms. The molecule has 8 heteroatoms. The first-order chi connectivity index (χ1) is 8.91. The van der Waals surface area contributed by atoms with Crippen LogP contribution in [-0.4, -0.2) is 42.2 Å². The molecule has 0 spiro atoms. The van der Waals surface area contributed by atoms with Crippen molar-refractivity contribution in [2.24, 2.45) is 5.73 Å². The van der Waals surface area contributed by atoms with E-state index in [0.29, 0.717) is 29.4 Å². The summed E-state index contributed by atoms with van der Waals surface area (Å²) in [6.07, 6.45) is -3.49. The van der Waals surface area contributed by atoms with Gasteiger partial charge in [-0.2, -0.15) is 13.2 Å². The van der Waals surface area contributed by atoms with Gasteiger partial charge in [-0.05, 0) is 6.54 Å². The molecular formula is C11H16F3N3OS. The Morgan fingerprint density at radius 1 is 1.63 bits per heavy atom. The number of halogens is 3. The lowest BCUT2D eigenvalue weighted by Gasteiger charge is -2.34. The number of nitrogens with two attached hydrogens (primary N) is 1. The van der Waals surface area contributed by atoms with Gasteiger partial charge in [0.15, 0.2) is 5.01 Å². The van der Waals surface area contributed by atoms with E-state index in [1.165, 1.54) is 6.20 Å². The maximum atomic E-state index is 12.5. The molecule has 0 saturated carbocycles. The lowest BCUT2D eigenvalue weighted by atomic mass is 10.1. The average Bonchev–Trinajstić information content (AvgIpc) is 2.87. The SMILES string of the molecule is CCN1CCOC(C(N)c2cnc(C(F)(F)F)s2)C1. The summed E-state index contributed by atoms with van der Waals surface area (Å²) in [5, 5.41) is -0.860. The number of aromatic nitrogens is 1. The molecule has 0 bridgehead atoms. The third-order valence-corrected chi connectivity index (χ3v) is 4.26. The number of rotatable bonds is 3. The van der Waals surface area contributed by atoms with Crippen LogP contribution in [0.3, 0.4) is 0 Å². The second kappa shape index (κ2) is 5.74. The minimum Gasteiger partial charge on any atom is -0.374 e. The van der Waals surface area contributed by atoms with Gasteiger partial charge in [-0.25, -0.2) is 4.98 Å². The predicted molar refractivity (Wildman–Crippen MR) is 65.9 cm³/mol. The molecule has 108 valence electrons. The van der Waals surface area contributed by atoms with Gasteiger partial charge in [-0.3, -0.25) is 4.90 Å². The molecule has 2 atom stereocenters. The third kappa shape index (κ3) is 3.44. The number of morpholine rings is 1. The summed E-state index contributed by atoms with van der Waals surface area (Å²) in [6, 6.07) is -0.567. The van der Waals surface area contributed by atoms with Crippen molar-refractivity contribution < 1.29 is 17.9 Å². The van der Waals surface area contributed by atoms with Crippen LogP contribution in [0.4, 0.5) is 13.2 Å². The van der Waals surface area contributed by atoms with E-state index in [1.807, 2.05) is 6.92 Å². The number of hydrogen-bond acceptors (Lipinski definition) is 5. The van der Waals surface area contributed by atoms with E-state index in [1.54, 1.807) is 0 Å². The van der Waals surface area contributed by atoms with E-state index >= 15 is 0 Å². The van der Waals surface area contributed by atoms with Crippen molar-refractivity contribution in [2.45, 2.75) is 25.2 Å². The fourth-order valence-corrected chi connectivity index (χ4v) is 2.83. The molecule has 1 aliphatic rings. The summed E-state index contributed by atoms with van der Waals surface area (Å²) in [4.78, 5) is 5.97. The highest BCUT2D eigenvalue weighted by atomic mass is 32.1. The monoisotopic (exact) mass is 295 g/mol. The van der Waals surface area contributed by atoms with Crippen LogP contribution >= 0.6 is 11.3 Å². The zero-order chi connectivity index (χ0) is 14.0. The molecule has 0 radical (unpaired) electrons. The normalized spacial score (nSPS) is 23.5. The molecule has 0 amide bonds. The van der Waals surface area contributed by atoms with Crippen molar-refractivity contribution in [3.63, 3.8) is 0 Å². The smallest absolute Gasteiger partial charge is 0.374 e. The van der Waals surface area contributed by atoms with Crippen molar-refractivity contribution in [3.05, 3.63) is 16.1 Å². The van der Waals surface area contributed by atoms with Crippen LogP contribution in [0.1, 0.15) is 22.9 Å². The fraction of sp³-hybridized carbons (Fsp3) is 0.727. The molecule has 1 aromatic heterocycles. The van der Waals surface area contributed by atoms with Gasteiger partial charge in [-0.15, -0.1) is 11.3 Å². The molecule has 1 fully saturated rings. The quantitative estimate of drug-likeness (QED) is 0.925. The Labute approximate surface area is 113 Å². The van der Waals surface area contributed by atoms with Gasteiger partial charge in [-0.1, -0.05) is 6.92 Å². The van der Waals surface area contributed by atoms with Crippen LogP contribution in [0, 0.1) is 0 Å². The largest absolute Gasteiger partial charge is 0.443 e. The Balaban J connectivity index is 2.06. The first kappa shape index (κ1) is 14.7. The summed E-state index contributed by atoms with van der Waals surface area (Å²) in [5.74, 6) is 0. The Morgan fingerprint density at radius 3 is 2.95 bits per heavy atom. The van der Waals surface area contributed by atoms with E-state index in [9.17, 15) is 13.2 Å². The summed E-state index contributed by atoms with van der Waals surface area (Å²) in [7, 11) is 0. The highest BCUT2D eigenvalue weighted by Crippen LogP contribution is 2.35. The zero-order valence-corrected chi connectivity index (χ0v) is 11.3. The summed E-state index contributed by atoms with van der Waals surface area (Å²) >= 11 is 0.591. The lowest BCUT2D eigenvalue weighted by molar-refractivity contribution is -0.137. The average molecular weight is 295 g/mol. The second-order valence-corrected chi connectivity index (χ2v) is 5.46. The standard InChI is InChI=1S/C11H16F3N3OS/c1-2-17-3-4-18-7(6-17)9(15)8-5-16-10(19-8)11(12,13)14/h5,7,9H,2-4,6,15H2,1H3. The number of likely N-dealkylation sites (N-methyl/N-ethyl adjacent to an activating group) is 1. The lowest BCUT2D eigenvalue weighted by Crippen LogP contribution is -2.46. The van der Waals surface area contributed by atoms with E-state index in [2.05, 4.69) is 9.88 Å². The molecule has 2 N–H and O–H groups in total. The zero-order valence-electron chi connectivity index (χ0n) is 10.5. The van der Waals surface area contributed by atoms with Crippen molar-refractivity contribution in [2.75, 3.05) is 26.2 Å². The molecule has 1 aliphatic heterocycles. The van der Waals surface area contributed by atoms with Crippen LogP contribution in [0.2, 0.25) is 0 Å². The molecular weight excluding hydrogens is 279 g/mol. The van der Waals surface area contributed by atoms with Crippen LogP contribution in [0.25, 0.3) is 0 Å². The molecule has 2 rings (SSSR count). The fourth-order valence-electron chi connectivity index (χ4n) is 1.99. The van der Waals surface area contributed by atoms with Crippen LogP contribution in [0.5, 0.6) is 0 Å². The summed E-state index contributed by atoms with van der Waals surface area (Å²) in [5.41, 5.74) is 5.99. The number of thiazole rings is 1.